The normalized spacial score (nSPS) is 12.2. The van der Waals surface area contributed by atoms with Crippen molar-refractivity contribution in [1.82, 2.24) is 5.32 Å². The summed E-state index contributed by atoms with van der Waals surface area (Å²) < 4.78 is 0.986. The molecule has 4 heteroatoms. The number of amides is 1. The van der Waals surface area contributed by atoms with Gasteiger partial charge in [-0.05, 0) is 43.0 Å². The summed E-state index contributed by atoms with van der Waals surface area (Å²) >= 11 is 6.79. The van der Waals surface area contributed by atoms with Gasteiger partial charge in [0.25, 0.3) is 5.91 Å². The fraction of sp³-hybridized carbons (Fsp3) is 0.462. The zero-order valence-electron chi connectivity index (χ0n) is 9.88. The van der Waals surface area contributed by atoms with Gasteiger partial charge in [-0.1, -0.05) is 38.8 Å². The van der Waals surface area contributed by atoms with Gasteiger partial charge >= 0.3 is 0 Å². The molecule has 0 fully saturated rings. The summed E-state index contributed by atoms with van der Waals surface area (Å²) in [4.78, 5) is 11.7. The van der Waals surface area contributed by atoms with Gasteiger partial charge in [-0.15, -0.1) is 0 Å². The molecular formula is C13H17Br2NO. The van der Waals surface area contributed by atoms with E-state index >= 15 is 0 Å². The summed E-state index contributed by atoms with van der Waals surface area (Å²) in [6, 6.07) is 7.39. The quantitative estimate of drug-likeness (QED) is 0.601. The van der Waals surface area contributed by atoms with Gasteiger partial charge in [-0.3, -0.25) is 4.79 Å². The first kappa shape index (κ1) is 14.7. The molecule has 1 rings (SSSR count). The molecule has 0 saturated carbocycles. The van der Waals surface area contributed by atoms with Gasteiger partial charge in [0, 0.05) is 21.9 Å². The summed E-state index contributed by atoms with van der Waals surface area (Å²) in [5.41, 5.74) is 0.710. The second-order valence-corrected chi connectivity index (χ2v) is 5.73. The molecule has 1 amide bonds. The van der Waals surface area contributed by atoms with Gasteiger partial charge < -0.3 is 5.32 Å². The van der Waals surface area contributed by atoms with Gasteiger partial charge in [-0.25, -0.2) is 0 Å². The number of carbonyl (C=O) groups is 1. The number of benzene rings is 1. The highest BCUT2D eigenvalue weighted by atomic mass is 79.9. The zero-order chi connectivity index (χ0) is 12.7. The zero-order valence-corrected chi connectivity index (χ0v) is 13.1. The monoisotopic (exact) mass is 361 g/mol. The van der Waals surface area contributed by atoms with Crippen molar-refractivity contribution >= 4 is 37.8 Å². The first-order valence-corrected chi connectivity index (χ1v) is 7.64. The largest absolute Gasteiger partial charge is 0.352 e. The van der Waals surface area contributed by atoms with Crippen LogP contribution in [0.2, 0.25) is 0 Å². The number of rotatable bonds is 6. The van der Waals surface area contributed by atoms with Crippen molar-refractivity contribution in [3.63, 3.8) is 0 Å². The fourth-order valence-corrected chi connectivity index (χ4v) is 2.02. The lowest BCUT2D eigenvalue weighted by atomic mass is 10.1. The molecule has 1 aromatic carbocycles. The molecule has 1 aromatic rings. The maximum absolute atomic E-state index is 11.7. The molecule has 0 aliphatic carbocycles. The molecule has 0 aromatic heterocycles. The molecule has 0 spiro atoms. The lowest BCUT2D eigenvalue weighted by Crippen LogP contribution is -2.24. The van der Waals surface area contributed by atoms with Crippen molar-refractivity contribution in [3.8, 4) is 0 Å². The van der Waals surface area contributed by atoms with Crippen LogP contribution in [0.1, 0.15) is 30.1 Å². The van der Waals surface area contributed by atoms with Crippen LogP contribution in [0.25, 0.3) is 0 Å². The first-order chi connectivity index (χ1) is 8.13. The van der Waals surface area contributed by atoms with Gasteiger partial charge in [-0.2, -0.15) is 0 Å². The topological polar surface area (TPSA) is 29.1 Å². The van der Waals surface area contributed by atoms with E-state index in [9.17, 15) is 4.79 Å². The SMILES string of the molecule is CC(CBr)CCCNC(=O)c1ccc(Br)cc1. The average Bonchev–Trinajstić information content (AvgIpc) is 2.34. The fourth-order valence-electron chi connectivity index (χ4n) is 1.43. The third kappa shape index (κ3) is 5.68. The number of nitrogens with one attached hydrogen (secondary N) is 1. The molecule has 0 aliphatic rings. The molecule has 1 N–H and O–H groups in total. The van der Waals surface area contributed by atoms with Crippen molar-refractivity contribution in [2.45, 2.75) is 19.8 Å². The minimum atomic E-state index is 0.00370. The Morgan fingerprint density at radius 3 is 2.59 bits per heavy atom. The van der Waals surface area contributed by atoms with Crippen molar-refractivity contribution < 1.29 is 4.79 Å². The molecular weight excluding hydrogens is 346 g/mol. The van der Waals surface area contributed by atoms with Crippen LogP contribution in [0, 0.1) is 5.92 Å². The standard InChI is InChI=1S/C13H17Br2NO/c1-10(9-14)3-2-8-16-13(17)11-4-6-12(15)7-5-11/h4-7,10H,2-3,8-9H2,1H3,(H,16,17). The lowest BCUT2D eigenvalue weighted by Gasteiger charge is -2.08. The van der Waals surface area contributed by atoms with Crippen LogP contribution in [0.15, 0.2) is 28.7 Å². The number of halogens is 2. The average molecular weight is 363 g/mol. The van der Waals surface area contributed by atoms with Gasteiger partial charge in [0.05, 0.1) is 0 Å². The van der Waals surface area contributed by atoms with Crippen LogP contribution in [-0.2, 0) is 0 Å². The van der Waals surface area contributed by atoms with Crippen LogP contribution in [0.5, 0.6) is 0 Å². The van der Waals surface area contributed by atoms with Gasteiger partial charge in [0.2, 0.25) is 0 Å². The van der Waals surface area contributed by atoms with Crippen LogP contribution in [-0.4, -0.2) is 17.8 Å². The molecule has 94 valence electrons. The van der Waals surface area contributed by atoms with Crippen LogP contribution < -0.4 is 5.32 Å². The Kier molecular flexibility index (Phi) is 6.82. The molecule has 1 atom stereocenters. The molecule has 1 unspecified atom stereocenters. The summed E-state index contributed by atoms with van der Waals surface area (Å²) in [5, 5.41) is 3.95. The second-order valence-electron chi connectivity index (χ2n) is 4.16. The van der Waals surface area contributed by atoms with Crippen LogP contribution >= 0.6 is 31.9 Å². The third-order valence-corrected chi connectivity index (χ3v) is 4.16. The Balaban J connectivity index is 2.28. The highest BCUT2D eigenvalue weighted by Crippen LogP contribution is 2.11. The summed E-state index contributed by atoms with van der Waals surface area (Å²) in [6.45, 7) is 2.94. The Labute approximate surface area is 119 Å². The maximum Gasteiger partial charge on any atom is 0.251 e. The van der Waals surface area contributed by atoms with Crippen LogP contribution in [0.3, 0.4) is 0 Å². The van der Waals surface area contributed by atoms with E-state index in [2.05, 4.69) is 44.1 Å². The maximum atomic E-state index is 11.7. The molecule has 0 saturated heterocycles. The second kappa shape index (κ2) is 7.88. The van der Waals surface area contributed by atoms with E-state index in [1.807, 2.05) is 24.3 Å². The highest BCUT2D eigenvalue weighted by Gasteiger charge is 2.04. The van der Waals surface area contributed by atoms with Crippen molar-refractivity contribution in [2.24, 2.45) is 5.92 Å². The smallest absolute Gasteiger partial charge is 0.251 e. The highest BCUT2D eigenvalue weighted by molar-refractivity contribution is 9.10. The molecule has 2 nitrogen and oxygen atoms in total. The Morgan fingerprint density at radius 2 is 2.00 bits per heavy atom. The minimum absolute atomic E-state index is 0.00370. The van der Waals surface area contributed by atoms with E-state index in [1.54, 1.807) is 0 Å². The van der Waals surface area contributed by atoms with E-state index in [0.29, 0.717) is 11.5 Å². The third-order valence-electron chi connectivity index (χ3n) is 2.53. The van der Waals surface area contributed by atoms with E-state index < -0.39 is 0 Å². The van der Waals surface area contributed by atoms with E-state index in [4.69, 9.17) is 0 Å². The Morgan fingerprint density at radius 1 is 1.35 bits per heavy atom. The number of alkyl halides is 1. The predicted octanol–water partition coefficient (Wildman–Crippen LogP) is 3.99. The number of hydrogen-bond donors (Lipinski definition) is 1. The summed E-state index contributed by atoms with van der Waals surface area (Å²) in [6.07, 6.45) is 2.15. The summed E-state index contributed by atoms with van der Waals surface area (Å²) in [7, 11) is 0. The number of hydrogen-bond acceptors (Lipinski definition) is 1. The first-order valence-electron chi connectivity index (χ1n) is 5.73. The minimum Gasteiger partial charge on any atom is -0.352 e. The van der Waals surface area contributed by atoms with Crippen LogP contribution in [0.4, 0.5) is 0 Å². The molecule has 0 aliphatic heterocycles. The van der Waals surface area contributed by atoms with E-state index in [1.165, 1.54) is 0 Å². The predicted molar refractivity (Wildman–Crippen MR) is 78.7 cm³/mol. The Bertz CT molecular complexity index is 351. The van der Waals surface area contributed by atoms with E-state index in [-0.39, 0.29) is 5.91 Å². The number of carbonyl (C=O) groups excluding carboxylic acids is 1. The molecule has 17 heavy (non-hydrogen) atoms. The van der Waals surface area contributed by atoms with Crippen molar-refractivity contribution in [2.75, 3.05) is 11.9 Å². The summed E-state index contributed by atoms with van der Waals surface area (Å²) in [5.74, 6) is 0.670. The molecule has 0 bridgehead atoms. The lowest BCUT2D eigenvalue weighted by molar-refractivity contribution is 0.0952. The molecule has 0 radical (unpaired) electrons. The van der Waals surface area contributed by atoms with Crippen molar-refractivity contribution in [1.29, 1.82) is 0 Å². The van der Waals surface area contributed by atoms with Crippen molar-refractivity contribution in [3.05, 3.63) is 34.3 Å². The molecule has 0 heterocycles. The Hall–Kier alpha value is -0.350. The van der Waals surface area contributed by atoms with Gasteiger partial charge in [0.15, 0.2) is 0 Å². The van der Waals surface area contributed by atoms with E-state index in [0.717, 1.165) is 29.2 Å². The van der Waals surface area contributed by atoms with Gasteiger partial charge in [0.1, 0.15) is 0 Å².